The fraction of sp³-hybridized carbons (Fsp3) is 0.800. The first-order valence-corrected chi connectivity index (χ1v) is 4.26. The highest BCUT2D eigenvalue weighted by Gasteiger charge is 2.02. The van der Waals surface area contributed by atoms with Crippen molar-refractivity contribution in [1.82, 2.24) is 4.72 Å². The summed E-state index contributed by atoms with van der Waals surface area (Å²) in [5.41, 5.74) is -0.0678. The average Bonchev–Trinajstić information content (AvgIpc) is 1.99. The molecule has 2 N–H and O–H groups in total. The van der Waals surface area contributed by atoms with Gasteiger partial charge in [-0.3, -0.25) is 0 Å². The van der Waals surface area contributed by atoms with E-state index in [-0.39, 0.29) is 12.3 Å². The first-order valence-electron chi connectivity index (χ1n) is 2.94. The molecule has 0 bridgehead atoms. The average molecular weight is 166 g/mol. The van der Waals surface area contributed by atoms with Gasteiger partial charge in [-0.05, 0) is 6.92 Å². The number of rotatable bonds is 5. The third-order valence-electron chi connectivity index (χ3n) is 0.870. The highest BCUT2D eigenvalue weighted by atomic mass is 32.2. The third-order valence-corrected chi connectivity index (χ3v) is 1.86. The Morgan fingerprint density at radius 3 is 2.80 bits per heavy atom. The van der Waals surface area contributed by atoms with Crippen molar-refractivity contribution in [2.75, 3.05) is 19.0 Å². The van der Waals surface area contributed by atoms with Crippen molar-refractivity contribution in [3.05, 3.63) is 0 Å². The van der Waals surface area contributed by atoms with E-state index in [1.165, 1.54) is 0 Å². The minimum Gasteiger partial charge on any atom is -0.598 e. The fourth-order valence-corrected chi connectivity index (χ4v) is 0.856. The van der Waals surface area contributed by atoms with Gasteiger partial charge in [0.1, 0.15) is 12.4 Å². The Labute approximate surface area is 62.8 Å². The van der Waals surface area contributed by atoms with E-state index in [0.29, 0.717) is 5.75 Å². The number of nitrogens with one attached hydrogen (secondary N) is 2. The van der Waals surface area contributed by atoms with Gasteiger partial charge in [0.2, 0.25) is 0 Å². The molecule has 5 heteroatoms. The molecule has 0 aromatic heterocycles. The first-order chi connectivity index (χ1) is 4.70. The number of alkyl halides is 1. The van der Waals surface area contributed by atoms with Crippen LogP contribution in [0, 0.1) is 5.41 Å². The molecule has 0 aromatic rings. The van der Waals surface area contributed by atoms with E-state index in [2.05, 4.69) is 4.72 Å². The summed E-state index contributed by atoms with van der Waals surface area (Å²) >= 11 is -1.11. The van der Waals surface area contributed by atoms with E-state index in [4.69, 9.17) is 5.41 Å². The number of halogens is 1. The molecule has 10 heavy (non-hydrogen) atoms. The van der Waals surface area contributed by atoms with E-state index in [1.807, 2.05) is 0 Å². The highest BCUT2D eigenvalue weighted by Crippen LogP contribution is 1.82. The third kappa shape index (κ3) is 4.72. The molecule has 0 rings (SSSR count). The summed E-state index contributed by atoms with van der Waals surface area (Å²) in [5, 5.41) is 6.83. The summed E-state index contributed by atoms with van der Waals surface area (Å²) in [6.07, 6.45) is 0. The maximum atomic E-state index is 11.6. The van der Waals surface area contributed by atoms with E-state index in [0.717, 1.165) is 0 Å². The van der Waals surface area contributed by atoms with Gasteiger partial charge in [-0.1, -0.05) is 0 Å². The van der Waals surface area contributed by atoms with Crippen LogP contribution in [0.5, 0.6) is 0 Å². The van der Waals surface area contributed by atoms with Crippen LogP contribution < -0.4 is 4.72 Å². The zero-order valence-corrected chi connectivity index (χ0v) is 6.63. The molecule has 0 aliphatic carbocycles. The molecule has 0 heterocycles. The summed E-state index contributed by atoms with van der Waals surface area (Å²) in [4.78, 5) is 0. The predicted molar refractivity (Wildman–Crippen MR) is 40.4 cm³/mol. The molecule has 0 saturated carbocycles. The molecule has 0 spiro atoms. The molecule has 3 nitrogen and oxygen atoms in total. The molecule has 0 aliphatic rings. The Kier molecular flexibility index (Phi) is 5.57. The number of hydrogen-bond donors (Lipinski definition) is 2. The summed E-state index contributed by atoms with van der Waals surface area (Å²) in [7, 11) is 0. The van der Waals surface area contributed by atoms with Crippen LogP contribution in [-0.2, 0) is 11.4 Å². The van der Waals surface area contributed by atoms with Gasteiger partial charge in [-0.2, -0.15) is 0 Å². The van der Waals surface area contributed by atoms with Crippen molar-refractivity contribution >= 4 is 17.1 Å². The smallest absolute Gasteiger partial charge is 0.128 e. The zero-order valence-electron chi connectivity index (χ0n) is 5.82. The molecule has 1 atom stereocenters. The van der Waals surface area contributed by atoms with Crippen molar-refractivity contribution in [2.24, 2.45) is 0 Å². The van der Waals surface area contributed by atoms with Crippen LogP contribution in [0.4, 0.5) is 4.39 Å². The van der Waals surface area contributed by atoms with Crippen molar-refractivity contribution in [2.45, 2.75) is 6.92 Å². The van der Waals surface area contributed by atoms with Crippen molar-refractivity contribution in [3.8, 4) is 0 Å². The first kappa shape index (κ1) is 9.87. The van der Waals surface area contributed by atoms with Gasteiger partial charge in [-0.25, -0.2) is 4.39 Å². The molecular formula is C5H11FN2OS. The van der Waals surface area contributed by atoms with Gasteiger partial charge < -0.3 is 9.96 Å². The summed E-state index contributed by atoms with van der Waals surface area (Å²) < 4.78 is 24.7. The lowest BCUT2D eigenvalue weighted by atomic mass is 10.4. The molecule has 0 amide bonds. The SMILES string of the molecule is CC[S@+]([O-])NCC(=N)CF. The number of hydrogen-bond acceptors (Lipinski definition) is 3. The van der Waals surface area contributed by atoms with Crippen LogP contribution >= 0.6 is 0 Å². The Morgan fingerprint density at radius 1 is 1.80 bits per heavy atom. The summed E-state index contributed by atoms with van der Waals surface area (Å²) in [5.74, 6) is 0.486. The minimum absolute atomic E-state index is 0.0678. The lowest BCUT2D eigenvalue weighted by Crippen LogP contribution is -2.31. The highest BCUT2D eigenvalue weighted by molar-refractivity contribution is 7.89. The maximum Gasteiger partial charge on any atom is 0.128 e. The Morgan fingerprint density at radius 2 is 2.40 bits per heavy atom. The Hall–Kier alpha value is -0.130. The molecule has 0 unspecified atom stereocenters. The maximum absolute atomic E-state index is 11.6. The minimum atomic E-state index is -1.11. The molecule has 0 saturated heterocycles. The van der Waals surface area contributed by atoms with Gasteiger partial charge in [0, 0.05) is 11.4 Å². The molecule has 60 valence electrons. The van der Waals surface area contributed by atoms with E-state index < -0.39 is 18.0 Å². The lowest BCUT2D eigenvalue weighted by Gasteiger charge is -2.07. The topological polar surface area (TPSA) is 58.9 Å². The fourth-order valence-electron chi connectivity index (χ4n) is 0.317. The van der Waals surface area contributed by atoms with Crippen LogP contribution in [0.25, 0.3) is 0 Å². The Bertz CT molecular complexity index is 112. The molecular weight excluding hydrogens is 155 g/mol. The van der Waals surface area contributed by atoms with Crippen molar-refractivity contribution in [1.29, 1.82) is 5.41 Å². The van der Waals surface area contributed by atoms with Gasteiger partial charge >= 0.3 is 0 Å². The van der Waals surface area contributed by atoms with E-state index in [9.17, 15) is 8.94 Å². The molecule has 0 radical (unpaired) electrons. The normalized spacial score (nSPS) is 13.1. The second-order valence-corrected chi connectivity index (χ2v) is 3.25. The van der Waals surface area contributed by atoms with E-state index in [1.54, 1.807) is 6.92 Å². The van der Waals surface area contributed by atoms with E-state index >= 15 is 0 Å². The van der Waals surface area contributed by atoms with Crippen LogP contribution in [0.15, 0.2) is 0 Å². The van der Waals surface area contributed by atoms with Crippen LogP contribution in [0.3, 0.4) is 0 Å². The van der Waals surface area contributed by atoms with Gasteiger partial charge in [0.05, 0.1) is 12.3 Å². The Balaban J connectivity index is 3.26. The van der Waals surface area contributed by atoms with Crippen LogP contribution in [-0.4, -0.2) is 29.2 Å². The monoisotopic (exact) mass is 166 g/mol. The standard InChI is InChI=1S/C5H11FN2OS/c1-2-10(9)8-4-5(7)3-6/h7-8H,2-4H2,1H3/t10-/m0/s1. The summed E-state index contributed by atoms with van der Waals surface area (Å²) in [6, 6.07) is 0. The summed E-state index contributed by atoms with van der Waals surface area (Å²) in [6.45, 7) is 1.06. The molecule has 0 aromatic carbocycles. The van der Waals surface area contributed by atoms with Crippen molar-refractivity contribution in [3.63, 3.8) is 0 Å². The second-order valence-electron chi connectivity index (χ2n) is 1.69. The van der Waals surface area contributed by atoms with Gasteiger partial charge in [0.15, 0.2) is 0 Å². The van der Waals surface area contributed by atoms with Crippen molar-refractivity contribution < 1.29 is 8.94 Å². The second kappa shape index (κ2) is 5.64. The van der Waals surface area contributed by atoms with Crippen LogP contribution in [0.1, 0.15) is 6.92 Å². The van der Waals surface area contributed by atoms with Crippen LogP contribution in [0.2, 0.25) is 0 Å². The lowest BCUT2D eigenvalue weighted by molar-refractivity contribution is 0.570. The largest absolute Gasteiger partial charge is 0.598 e. The predicted octanol–water partition coefficient (Wildman–Crippen LogP) is 0.249. The van der Waals surface area contributed by atoms with Gasteiger partial charge in [0.25, 0.3) is 0 Å². The molecule has 0 aliphatic heterocycles. The quantitative estimate of drug-likeness (QED) is 0.454. The molecule has 0 fully saturated rings. The van der Waals surface area contributed by atoms with Gasteiger partial charge in [-0.15, -0.1) is 4.72 Å². The zero-order chi connectivity index (χ0) is 7.98.